The van der Waals surface area contributed by atoms with Crippen LogP contribution in [0.4, 0.5) is 21.0 Å². The van der Waals surface area contributed by atoms with Crippen LogP contribution in [-0.4, -0.2) is 59.9 Å². The van der Waals surface area contributed by atoms with Crippen LogP contribution < -0.4 is 21.1 Å². The smallest absolute Gasteiger partial charge is 0.412 e. The molecule has 0 spiro atoms. The molecule has 1 unspecified atom stereocenters. The van der Waals surface area contributed by atoms with Crippen LogP contribution in [0.3, 0.4) is 0 Å². The number of thiophene rings is 1. The first-order valence-corrected chi connectivity index (χ1v) is 19.6. The number of carboxylic acid groups (broad SMARTS) is 1. The molecule has 1 saturated heterocycles. The second-order valence-electron chi connectivity index (χ2n) is 14.6. The molecule has 0 radical (unpaired) electrons. The summed E-state index contributed by atoms with van der Waals surface area (Å²) in [7, 11) is -1.96. The van der Waals surface area contributed by atoms with Gasteiger partial charge in [-0.3, -0.25) is 19.4 Å². The molecule has 3 N–H and O–H groups in total. The largest absolute Gasteiger partial charge is 0.498 e. The highest BCUT2D eigenvalue weighted by atomic mass is 32.1. The molecule has 4 rings (SSSR count). The molecule has 2 aromatic carbocycles. The maximum atomic E-state index is 13.5. The van der Waals surface area contributed by atoms with Gasteiger partial charge in [0.15, 0.2) is 6.04 Å². The number of anilines is 2. The van der Waals surface area contributed by atoms with Gasteiger partial charge in [0.2, 0.25) is 0 Å². The normalized spacial score (nSPS) is 19.3. The lowest BCUT2D eigenvalue weighted by atomic mass is 9.99. The Morgan fingerprint density at radius 1 is 0.957 bits per heavy atom. The number of amides is 4. The molecule has 2 atom stereocenters. The number of quaternary nitrogens is 1. The highest BCUT2D eigenvalue weighted by molar-refractivity contribution is 7.13. The Morgan fingerprint density at radius 2 is 1.63 bits per heavy atom. The van der Waals surface area contributed by atoms with E-state index < -0.39 is 37.4 Å². The number of rotatable bonds is 7. The quantitative estimate of drug-likeness (QED) is 0.203. The van der Waals surface area contributed by atoms with Gasteiger partial charge in [0.25, 0.3) is 17.9 Å². The Labute approximate surface area is 275 Å². The van der Waals surface area contributed by atoms with E-state index in [0.717, 1.165) is 16.0 Å². The Morgan fingerprint density at radius 3 is 2.20 bits per heavy atom. The summed E-state index contributed by atoms with van der Waals surface area (Å²) in [6.07, 6.45) is -1.42. The van der Waals surface area contributed by atoms with Crippen molar-refractivity contribution in [1.82, 2.24) is 5.32 Å². The van der Waals surface area contributed by atoms with Gasteiger partial charge < -0.3 is 25.3 Å². The van der Waals surface area contributed by atoms with E-state index in [4.69, 9.17) is 4.74 Å². The van der Waals surface area contributed by atoms with E-state index in [9.17, 15) is 24.3 Å². The molecule has 3 aromatic rings. The fraction of sp³-hybridized carbons (Fsp3) is 0.412. The molecule has 0 bridgehead atoms. The van der Waals surface area contributed by atoms with E-state index >= 15 is 0 Å². The molecule has 0 aliphatic carbocycles. The van der Waals surface area contributed by atoms with E-state index in [1.807, 2.05) is 44.4 Å². The second kappa shape index (κ2) is 13.0. The van der Waals surface area contributed by atoms with Crippen LogP contribution in [0.1, 0.15) is 57.5 Å². The van der Waals surface area contributed by atoms with Gasteiger partial charge in [0.05, 0.1) is 23.1 Å². The van der Waals surface area contributed by atoms with Crippen molar-refractivity contribution in [3.63, 3.8) is 0 Å². The molecule has 12 heteroatoms. The van der Waals surface area contributed by atoms with Crippen molar-refractivity contribution in [1.29, 1.82) is 0 Å². The fourth-order valence-electron chi connectivity index (χ4n) is 6.03. The molecule has 46 heavy (non-hydrogen) atoms. The van der Waals surface area contributed by atoms with Gasteiger partial charge in [0, 0.05) is 23.0 Å². The summed E-state index contributed by atoms with van der Waals surface area (Å²) in [6, 6.07) is 15.9. The number of nitrogens with zero attached hydrogens (tertiary/aromatic N) is 1. The summed E-state index contributed by atoms with van der Waals surface area (Å²) in [5, 5.41) is 23.1. The van der Waals surface area contributed by atoms with Gasteiger partial charge in [0.1, 0.15) is 13.7 Å². The maximum absolute atomic E-state index is 13.5. The highest BCUT2D eigenvalue weighted by Gasteiger charge is 2.61. The molecule has 1 aliphatic rings. The van der Waals surface area contributed by atoms with E-state index in [0.29, 0.717) is 29.2 Å². The molecular weight excluding hydrogens is 621 g/mol. The highest BCUT2D eigenvalue weighted by Crippen LogP contribution is 2.41. The van der Waals surface area contributed by atoms with Gasteiger partial charge in [-0.25, -0.2) is 4.79 Å². The van der Waals surface area contributed by atoms with Crippen molar-refractivity contribution in [2.24, 2.45) is 0 Å². The van der Waals surface area contributed by atoms with Gasteiger partial charge >= 0.3 is 6.09 Å². The number of hydrogen-bond donors (Lipinski definition) is 3. The zero-order chi connectivity index (χ0) is 34.1. The average molecular weight is 665 g/mol. The molecule has 4 amide bonds. The molecule has 246 valence electrons. The second-order valence-corrected chi connectivity index (χ2v) is 20.6. The average Bonchev–Trinajstić information content (AvgIpc) is 3.58. The van der Waals surface area contributed by atoms with E-state index in [1.165, 1.54) is 0 Å². The first-order valence-electron chi connectivity index (χ1n) is 15.3. The summed E-state index contributed by atoms with van der Waals surface area (Å²) in [4.78, 5) is 52.8. The van der Waals surface area contributed by atoms with Crippen LogP contribution in [0.5, 0.6) is 0 Å². The minimum atomic E-state index is -1.96. The molecule has 1 aliphatic heterocycles. The van der Waals surface area contributed by atoms with Crippen molar-refractivity contribution in [2.45, 2.75) is 84.4 Å². The standard InChI is InChI=1S/C34H44N4O6SSi/c1-33(2,3)38(32(42)43)21-46(7,8)20-27(38)30(40)35-19-22-11-13-23(14-12-22)29(39)36-26-18-24(28-10-9-17-45-28)15-16-25(26)37-31(41)44-34(4,5)6/h9-18,27H,19-21H2,1-8H3,(H3-,35,36,37,39,40,41,42,43)/t27-,38?/m0/s1. The molecule has 2 heterocycles. The third kappa shape index (κ3) is 7.86. The third-order valence-corrected chi connectivity index (χ3v) is 11.9. The zero-order valence-corrected chi connectivity index (χ0v) is 29.6. The van der Waals surface area contributed by atoms with Gasteiger partial charge in [-0.15, -0.1) is 11.3 Å². The first kappa shape index (κ1) is 34.9. The number of ether oxygens (including phenoxy) is 1. The van der Waals surface area contributed by atoms with E-state index in [2.05, 4.69) is 29.0 Å². The Kier molecular flexibility index (Phi) is 9.86. The number of benzene rings is 2. The fourth-order valence-corrected chi connectivity index (χ4v) is 10.6. The minimum Gasteiger partial charge on any atom is -0.498 e. The van der Waals surface area contributed by atoms with Gasteiger partial charge in [-0.05, 0) is 88.4 Å². The van der Waals surface area contributed by atoms with E-state index in [1.54, 1.807) is 68.5 Å². The summed E-state index contributed by atoms with van der Waals surface area (Å²) < 4.78 is 5.02. The molecular formula is C34H44N4O6SSi. The summed E-state index contributed by atoms with van der Waals surface area (Å²) in [6.45, 7) is 15.3. The Hall–Kier alpha value is -4.00. The van der Waals surface area contributed by atoms with Crippen LogP contribution in [0, 0.1) is 0 Å². The van der Waals surface area contributed by atoms with Gasteiger partial charge in [-0.1, -0.05) is 37.4 Å². The molecule has 10 nitrogen and oxygen atoms in total. The van der Waals surface area contributed by atoms with Crippen LogP contribution in [0.15, 0.2) is 60.0 Å². The van der Waals surface area contributed by atoms with Crippen molar-refractivity contribution in [3.8, 4) is 10.4 Å². The van der Waals surface area contributed by atoms with Crippen molar-refractivity contribution in [3.05, 3.63) is 71.1 Å². The lowest BCUT2D eigenvalue weighted by molar-refractivity contribution is -0.917. The van der Waals surface area contributed by atoms with Crippen LogP contribution in [0.2, 0.25) is 19.1 Å². The number of hydrogen-bond acceptors (Lipinski definition) is 7. The Balaban J connectivity index is 1.48. The van der Waals surface area contributed by atoms with Crippen LogP contribution in [-0.2, 0) is 16.1 Å². The van der Waals surface area contributed by atoms with Crippen LogP contribution in [0.25, 0.3) is 10.4 Å². The molecule has 0 saturated carbocycles. The first-order chi connectivity index (χ1) is 21.3. The van der Waals surface area contributed by atoms with Crippen molar-refractivity contribution < 1.29 is 33.5 Å². The van der Waals surface area contributed by atoms with Crippen molar-refractivity contribution >= 4 is 54.8 Å². The van der Waals surface area contributed by atoms with Gasteiger partial charge in [-0.2, -0.15) is 0 Å². The molecule has 1 fully saturated rings. The van der Waals surface area contributed by atoms with Crippen LogP contribution >= 0.6 is 11.3 Å². The number of carbonyl (C=O) groups is 4. The molecule has 1 aromatic heterocycles. The summed E-state index contributed by atoms with van der Waals surface area (Å²) in [5.41, 5.74) is 1.42. The predicted molar refractivity (Wildman–Crippen MR) is 182 cm³/mol. The predicted octanol–water partition coefficient (Wildman–Crippen LogP) is 6.22. The Bertz CT molecular complexity index is 1610. The van der Waals surface area contributed by atoms with Crippen molar-refractivity contribution in [2.75, 3.05) is 16.8 Å². The van der Waals surface area contributed by atoms with E-state index in [-0.39, 0.29) is 22.8 Å². The number of carbonyl (C=O) groups excluding carboxylic acids is 4. The minimum absolute atomic E-state index is 0.184. The maximum Gasteiger partial charge on any atom is 0.412 e. The monoisotopic (exact) mass is 664 g/mol. The zero-order valence-electron chi connectivity index (χ0n) is 27.8. The SMILES string of the molecule is CC(C)(C)OC(=O)Nc1ccc(-c2cccs2)cc1NC(=O)c1ccc(CNC(=O)[C@@H]2C[Si](C)(C)C[N+]2(C(=O)[O-])C(C)(C)C)cc1. The lowest BCUT2D eigenvalue weighted by Gasteiger charge is -2.49. The number of nitrogens with one attached hydrogen (secondary N) is 3. The summed E-state index contributed by atoms with van der Waals surface area (Å²) in [5.74, 6) is -0.694. The lowest BCUT2D eigenvalue weighted by Crippen LogP contribution is -2.72. The summed E-state index contributed by atoms with van der Waals surface area (Å²) >= 11 is 1.56. The third-order valence-electron chi connectivity index (χ3n) is 8.17. The topological polar surface area (TPSA) is 137 Å².